The zero-order valence-corrected chi connectivity index (χ0v) is 9.00. The van der Waals surface area contributed by atoms with E-state index in [4.69, 9.17) is 5.73 Å². The number of nitrogens with one attached hydrogen (secondary N) is 1. The summed E-state index contributed by atoms with van der Waals surface area (Å²) in [5.74, 6) is -0.361. The van der Waals surface area contributed by atoms with Crippen molar-refractivity contribution in [2.75, 3.05) is 6.54 Å². The number of carbonyl (C=O) groups excluding carboxylic acids is 1. The Morgan fingerprint density at radius 3 is 2.87 bits per heavy atom. The molecule has 1 aromatic heterocycles. The van der Waals surface area contributed by atoms with Gasteiger partial charge in [0.2, 0.25) is 0 Å². The molecule has 0 fully saturated rings. The molecule has 5 nitrogen and oxygen atoms in total. The molecule has 0 aromatic carbocycles. The van der Waals surface area contributed by atoms with Crippen molar-refractivity contribution in [1.29, 1.82) is 0 Å². The van der Waals surface area contributed by atoms with Crippen LogP contribution in [0.4, 0.5) is 0 Å². The molecule has 3 N–H and O–H groups in total. The molecule has 0 saturated heterocycles. The van der Waals surface area contributed by atoms with Crippen LogP contribution in [0, 0.1) is 0 Å². The number of carbonyl (C=O) groups is 1. The standard InChI is InChI=1S/C9H11N3O2S/c1-12-3-2-6(4-8(12)13)9(14)11-5-7(10)15/h2-4H,5H2,1H3,(H2,10,15)(H,11,14). The van der Waals surface area contributed by atoms with Gasteiger partial charge in [-0.05, 0) is 6.07 Å². The Morgan fingerprint density at radius 2 is 2.33 bits per heavy atom. The lowest BCUT2D eigenvalue weighted by molar-refractivity contribution is 0.0959. The summed E-state index contributed by atoms with van der Waals surface area (Å²) in [4.78, 5) is 22.9. The van der Waals surface area contributed by atoms with E-state index < -0.39 is 0 Å². The van der Waals surface area contributed by atoms with E-state index in [1.165, 1.54) is 16.8 Å². The molecule has 0 atom stereocenters. The number of thiocarbonyl (C=S) groups is 1. The van der Waals surface area contributed by atoms with Crippen molar-refractivity contribution in [3.8, 4) is 0 Å². The van der Waals surface area contributed by atoms with Crippen LogP contribution in [-0.4, -0.2) is 22.0 Å². The molecule has 1 heterocycles. The minimum absolute atomic E-state index is 0.128. The van der Waals surface area contributed by atoms with Crippen LogP contribution in [-0.2, 0) is 7.05 Å². The van der Waals surface area contributed by atoms with Gasteiger partial charge in [0.05, 0.1) is 11.5 Å². The van der Waals surface area contributed by atoms with E-state index in [9.17, 15) is 9.59 Å². The van der Waals surface area contributed by atoms with Crippen molar-refractivity contribution < 1.29 is 4.79 Å². The van der Waals surface area contributed by atoms with E-state index in [1.807, 2.05) is 0 Å². The minimum Gasteiger partial charge on any atom is -0.392 e. The zero-order chi connectivity index (χ0) is 11.4. The molecular weight excluding hydrogens is 214 g/mol. The molecule has 6 heteroatoms. The first-order valence-corrected chi connectivity index (χ1v) is 4.64. The van der Waals surface area contributed by atoms with Crippen LogP contribution in [0.25, 0.3) is 0 Å². The first-order valence-electron chi connectivity index (χ1n) is 4.24. The fraction of sp³-hybridized carbons (Fsp3) is 0.222. The van der Waals surface area contributed by atoms with Gasteiger partial charge in [-0.1, -0.05) is 12.2 Å². The van der Waals surface area contributed by atoms with Gasteiger partial charge in [-0.15, -0.1) is 0 Å². The van der Waals surface area contributed by atoms with Gasteiger partial charge in [-0.25, -0.2) is 0 Å². The lowest BCUT2D eigenvalue weighted by Crippen LogP contribution is -2.33. The minimum atomic E-state index is -0.361. The van der Waals surface area contributed by atoms with Gasteiger partial charge in [0, 0.05) is 24.9 Å². The Bertz CT molecular complexity index is 453. The average Bonchev–Trinajstić information content (AvgIpc) is 2.18. The number of aromatic nitrogens is 1. The summed E-state index contributed by atoms with van der Waals surface area (Å²) in [6.45, 7) is 0.128. The molecule has 0 radical (unpaired) electrons. The maximum absolute atomic E-state index is 11.4. The average molecular weight is 225 g/mol. The van der Waals surface area contributed by atoms with Crippen LogP contribution in [0.1, 0.15) is 10.4 Å². The van der Waals surface area contributed by atoms with Crippen LogP contribution in [0.15, 0.2) is 23.1 Å². The Morgan fingerprint density at radius 1 is 1.67 bits per heavy atom. The molecule has 0 saturated carbocycles. The van der Waals surface area contributed by atoms with Crippen molar-refractivity contribution in [3.05, 3.63) is 34.2 Å². The van der Waals surface area contributed by atoms with Crippen molar-refractivity contribution in [3.63, 3.8) is 0 Å². The second kappa shape index (κ2) is 4.70. The summed E-state index contributed by atoms with van der Waals surface area (Å²) >= 11 is 4.61. The second-order valence-electron chi connectivity index (χ2n) is 3.01. The fourth-order valence-electron chi connectivity index (χ4n) is 0.959. The number of nitrogens with zero attached hydrogens (tertiary/aromatic N) is 1. The van der Waals surface area contributed by atoms with E-state index in [0.717, 1.165) is 0 Å². The summed E-state index contributed by atoms with van der Waals surface area (Å²) < 4.78 is 1.38. The number of aryl methyl sites for hydroxylation is 1. The smallest absolute Gasteiger partial charge is 0.251 e. The van der Waals surface area contributed by atoms with Gasteiger partial charge < -0.3 is 15.6 Å². The van der Waals surface area contributed by atoms with E-state index in [2.05, 4.69) is 17.5 Å². The largest absolute Gasteiger partial charge is 0.392 e. The molecule has 0 spiro atoms. The van der Waals surface area contributed by atoms with Gasteiger partial charge in [0.15, 0.2) is 0 Å². The lowest BCUT2D eigenvalue weighted by Gasteiger charge is -2.04. The lowest BCUT2D eigenvalue weighted by atomic mass is 10.2. The number of rotatable bonds is 3. The predicted octanol–water partition coefficient (Wildman–Crippen LogP) is -0.599. The third-order valence-corrected chi connectivity index (χ3v) is 1.93. The molecule has 0 aliphatic rings. The third kappa shape index (κ3) is 3.17. The Kier molecular flexibility index (Phi) is 3.56. The quantitative estimate of drug-likeness (QED) is 0.673. The van der Waals surface area contributed by atoms with Crippen LogP contribution in [0.3, 0.4) is 0 Å². The van der Waals surface area contributed by atoms with Crippen LogP contribution < -0.4 is 16.6 Å². The summed E-state index contributed by atoms with van der Waals surface area (Å²) in [6.07, 6.45) is 1.53. The summed E-state index contributed by atoms with van der Waals surface area (Å²) in [6, 6.07) is 2.81. The highest BCUT2D eigenvalue weighted by Gasteiger charge is 2.05. The molecular formula is C9H11N3O2S. The molecule has 15 heavy (non-hydrogen) atoms. The molecule has 0 bridgehead atoms. The second-order valence-corrected chi connectivity index (χ2v) is 3.54. The topological polar surface area (TPSA) is 77.1 Å². The third-order valence-electron chi connectivity index (χ3n) is 1.79. The first-order chi connectivity index (χ1) is 7.00. The predicted molar refractivity (Wildman–Crippen MR) is 60.8 cm³/mol. The highest BCUT2D eigenvalue weighted by atomic mass is 32.1. The number of hydrogen-bond donors (Lipinski definition) is 2. The van der Waals surface area contributed by atoms with Gasteiger partial charge in [0.1, 0.15) is 0 Å². The van der Waals surface area contributed by atoms with E-state index >= 15 is 0 Å². The Labute approximate surface area is 91.9 Å². The normalized spacial score (nSPS) is 9.67. The van der Waals surface area contributed by atoms with Gasteiger partial charge in [-0.3, -0.25) is 9.59 Å². The molecule has 1 aromatic rings. The SMILES string of the molecule is Cn1ccc(C(=O)NCC(N)=S)cc1=O. The van der Waals surface area contributed by atoms with Crippen LogP contribution >= 0.6 is 12.2 Å². The Hall–Kier alpha value is -1.69. The Balaban J connectivity index is 2.79. The number of hydrogen-bond acceptors (Lipinski definition) is 3. The van der Waals surface area contributed by atoms with Crippen LogP contribution in [0.2, 0.25) is 0 Å². The number of nitrogens with two attached hydrogens (primary N) is 1. The maximum atomic E-state index is 11.4. The number of amides is 1. The van der Waals surface area contributed by atoms with E-state index in [0.29, 0.717) is 5.56 Å². The molecule has 1 rings (SSSR count). The van der Waals surface area contributed by atoms with Gasteiger partial charge in [0.25, 0.3) is 11.5 Å². The fourth-order valence-corrected chi connectivity index (χ4v) is 1.03. The van der Waals surface area contributed by atoms with Crippen molar-refractivity contribution in [2.45, 2.75) is 0 Å². The summed E-state index contributed by atoms with van der Waals surface area (Å²) in [5.41, 5.74) is 5.29. The van der Waals surface area contributed by atoms with Gasteiger partial charge >= 0.3 is 0 Å². The van der Waals surface area contributed by atoms with Crippen molar-refractivity contribution in [1.82, 2.24) is 9.88 Å². The number of pyridine rings is 1. The molecule has 0 aliphatic carbocycles. The van der Waals surface area contributed by atoms with E-state index in [-0.39, 0.29) is 23.0 Å². The molecule has 0 aliphatic heterocycles. The molecule has 80 valence electrons. The highest BCUT2D eigenvalue weighted by molar-refractivity contribution is 7.80. The maximum Gasteiger partial charge on any atom is 0.251 e. The molecule has 1 amide bonds. The van der Waals surface area contributed by atoms with Gasteiger partial charge in [-0.2, -0.15) is 0 Å². The summed E-state index contributed by atoms with van der Waals surface area (Å²) in [7, 11) is 1.61. The first kappa shape index (κ1) is 11.4. The van der Waals surface area contributed by atoms with E-state index in [1.54, 1.807) is 13.1 Å². The zero-order valence-electron chi connectivity index (χ0n) is 8.19. The van der Waals surface area contributed by atoms with Crippen molar-refractivity contribution >= 4 is 23.1 Å². The highest BCUT2D eigenvalue weighted by Crippen LogP contribution is 1.93. The van der Waals surface area contributed by atoms with Crippen LogP contribution in [0.5, 0.6) is 0 Å². The monoisotopic (exact) mass is 225 g/mol. The summed E-state index contributed by atoms with van der Waals surface area (Å²) in [5, 5.41) is 2.49. The van der Waals surface area contributed by atoms with Crippen molar-refractivity contribution in [2.24, 2.45) is 12.8 Å². The molecule has 0 unspecified atom stereocenters.